The molecule has 0 aliphatic carbocycles. The second-order valence-corrected chi connectivity index (χ2v) is 6.23. The number of nitrogens with zero attached hydrogens (tertiary/aromatic N) is 3. The molecule has 0 aliphatic rings. The fraction of sp³-hybridized carbons (Fsp3) is 0.333. The fourth-order valence-corrected chi connectivity index (χ4v) is 3.31. The first-order valence-electron chi connectivity index (χ1n) is 5.62. The van der Waals surface area contributed by atoms with E-state index in [1.165, 1.54) is 10.5 Å². The highest BCUT2D eigenvalue weighted by atomic mass is 32.2. The lowest BCUT2D eigenvalue weighted by Gasteiger charge is -2.06. The average molecular weight is 280 g/mol. The van der Waals surface area contributed by atoms with E-state index in [0.717, 1.165) is 16.0 Å². The molecule has 0 spiro atoms. The molecule has 1 heterocycles. The summed E-state index contributed by atoms with van der Waals surface area (Å²) in [6.07, 6.45) is 0. The Hall–Kier alpha value is -1.11. The van der Waals surface area contributed by atoms with Gasteiger partial charge in [0.1, 0.15) is 0 Å². The van der Waals surface area contributed by atoms with Crippen LogP contribution < -0.4 is 10.2 Å². The number of nitrogens with one attached hydrogen (secondary N) is 1. The zero-order valence-electron chi connectivity index (χ0n) is 10.7. The summed E-state index contributed by atoms with van der Waals surface area (Å²) in [7, 11) is 5.91. The first-order valence-corrected chi connectivity index (χ1v) is 7.25. The molecule has 0 amide bonds. The van der Waals surface area contributed by atoms with E-state index in [1.807, 2.05) is 26.0 Å². The van der Waals surface area contributed by atoms with E-state index in [-0.39, 0.29) is 0 Å². The Labute approximate surface area is 115 Å². The van der Waals surface area contributed by atoms with Gasteiger partial charge in [-0.3, -0.25) is 0 Å². The Morgan fingerprint density at radius 2 is 2.06 bits per heavy atom. The molecule has 18 heavy (non-hydrogen) atoms. The summed E-state index contributed by atoms with van der Waals surface area (Å²) in [5.74, 6) is 0. The Morgan fingerprint density at radius 1 is 1.28 bits per heavy atom. The molecule has 0 bridgehead atoms. The zero-order chi connectivity index (χ0) is 13.0. The normalized spacial score (nSPS) is 10.6. The van der Waals surface area contributed by atoms with E-state index < -0.39 is 0 Å². The number of aromatic nitrogens is 2. The van der Waals surface area contributed by atoms with Crippen LogP contribution >= 0.6 is 23.1 Å². The monoisotopic (exact) mass is 280 g/mol. The maximum Gasteiger partial charge on any atom is 0.208 e. The van der Waals surface area contributed by atoms with Gasteiger partial charge in [0.05, 0.1) is 0 Å². The van der Waals surface area contributed by atoms with Gasteiger partial charge in [-0.15, -0.1) is 10.2 Å². The minimum Gasteiger partial charge on any atom is -0.353 e. The minimum absolute atomic E-state index is 0.864. The molecule has 0 radical (unpaired) electrons. The van der Waals surface area contributed by atoms with Crippen molar-refractivity contribution in [3.63, 3.8) is 0 Å². The Morgan fingerprint density at radius 3 is 2.72 bits per heavy atom. The van der Waals surface area contributed by atoms with Crippen molar-refractivity contribution in [1.29, 1.82) is 0 Å². The summed E-state index contributed by atoms with van der Waals surface area (Å²) in [6, 6.07) is 8.36. The van der Waals surface area contributed by atoms with Gasteiger partial charge in [-0.25, -0.2) is 0 Å². The lowest BCUT2D eigenvalue weighted by molar-refractivity contribution is 0.803. The van der Waals surface area contributed by atoms with Gasteiger partial charge in [-0.2, -0.15) is 0 Å². The van der Waals surface area contributed by atoms with Gasteiger partial charge >= 0.3 is 0 Å². The maximum atomic E-state index is 4.20. The number of anilines is 1. The number of hydrogen-bond acceptors (Lipinski definition) is 6. The van der Waals surface area contributed by atoms with Crippen molar-refractivity contribution in [2.45, 2.75) is 15.8 Å². The molecule has 0 saturated carbocycles. The topological polar surface area (TPSA) is 41.1 Å². The van der Waals surface area contributed by atoms with E-state index in [4.69, 9.17) is 0 Å². The highest BCUT2D eigenvalue weighted by Gasteiger charge is 2.09. The van der Waals surface area contributed by atoms with Crippen LogP contribution in [-0.2, 0) is 6.54 Å². The molecule has 0 unspecified atom stereocenters. The molecule has 2 aromatic rings. The molecule has 96 valence electrons. The SMILES string of the molecule is CNCc1ccccc1Sc1nnc(N(C)C)s1. The Kier molecular flexibility index (Phi) is 4.57. The molecule has 0 aliphatic heterocycles. The summed E-state index contributed by atoms with van der Waals surface area (Å²) < 4.78 is 0.974. The average Bonchev–Trinajstić information content (AvgIpc) is 2.81. The Balaban J connectivity index is 2.17. The number of rotatable bonds is 5. The van der Waals surface area contributed by atoms with Crippen LogP contribution in [0.5, 0.6) is 0 Å². The highest BCUT2D eigenvalue weighted by molar-refractivity contribution is 8.01. The molecule has 1 N–H and O–H groups in total. The lowest BCUT2D eigenvalue weighted by Crippen LogP contribution is -2.07. The van der Waals surface area contributed by atoms with Gasteiger partial charge in [0, 0.05) is 25.5 Å². The van der Waals surface area contributed by atoms with E-state index in [9.17, 15) is 0 Å². The third-order valence-electron chi connectivity index (χ3n) is 2.32. The standard InChI is InChI=1S/C12H16N4S2/c1-13-8-9-6-4-5-7-10(9)17-12-15-14-11(18-12)16(2)3/h4-7,13H,8H2,1-3H3. The Bertz CT molecular complexity index is 510. The molecule has 0 saturated heterocycles. The van der Waals surface area contributed by atoms with Crippen LogP contribution in [0.25, 0.3) is 0 Å². The van der Waals surface area contributed by atoms with Crippen LogP contribution in [0.2, 0.25) is 0 Å². The van der Waals surface area contributed by atoms with Crippen molar-refractivity contribution in [3.05, 3.63) is 29.8 Å². The molecule has 0 atom stereocenters. The van der Waals surface area contributed by atoms with E-state index >= 15 is 0 Å². The zero-order valence-corrected chi connectivity index (χ0v) is 12.3. The second-order valence-electron chi connectivity index (χ2n) is 3.99. The maximum absolute atomic E-state index is 4.20. The van der Waals surface area contributed by atoms with Crippen LogP contribution in [0.4, 0.5) is 5.13 Å². The van der Waals surface area contributed by atoms with Crippen LogP contribution in [0.15, 0.2) is 33.5 Å². The first-order chi connectivity index (χ1) is 8.70. The smallest absolute Gasteiger partial charge is 0.208 e. The van der Waals surface area contributed by atoms with Crippen molar-refractivity contribution < 1.29 is 0 Å². The predicted octanol–water partition coefficient (Wildman–Crippen LogP) is 2.47. The van der Waals surface area contributed by atoms with Crippen molar-refractivity contribution >= 4 is 28.2 Å². The number of hydrogen-bond donors (Lipinski definition) is 1. The molecule has 4 nitrogen and oxygen atoms in total. The summed E-state index contributed by atoms with van der Waals surface area (Å²) in [4.78, 5) is 3.20. The molecule has 0 fully saturated rings. The van der Waals surface area contributed by atoms with Gasteiger partial charge in [-0.05, 0) is 18.7 Å². The van der Waals surface area contributed by atoms with Crippen LogP contribution in [0.1, 0.15) is 5.56 Å². The lowest BCUT2D eigenvalue weighted by atomic mass is 10.2. The second kappa shape index (κ2) is 6.17. The summed E-state index contributed by atoms with van der Waals surface area (Å²) in [6.45, 7) is 0.864. The molecule has 6 heteroatoms. The van der Waals surface area contributed by atoms with Gasteiger partial charge in [0.25, 0.3) is 0 Å². The van der Waals surface area contributed by atoms with Crippen molar-refractivity contribution in [1.82, 2.24) is 15.5 Å². The van der Waals surface area contributed by atoms with E-state index in [1.54, 1.807) is 23.1 Å². The molecule has 2 rings (SSSR count). The van der Waals surface area contributed by atoms with Gasteiger partial charge in [-0.1, -0.05) is 41.3 Å². The van der Waals surface area contributed by atoms with Crippen LogP contribution in [-0.4, -0.2) is 31.3 Å². The molecule has 1 aromatic heterocycles. The molecule has 1 aromatic carbocycles. The number of benzene rings is 1. The third-order valence-corrected chi connectivity index (χ3v) is 4.58. The minimum atomic E-state index is 0.864. The summed E-state index contributed by atoms with van der Waals surface area (Å²) in [5, 5.41) is 12.5. The quantitative estimate of drug-likeness (QED) is 0.911. The molecular formula is C12H16N4S2. The third kappa shape index (κ3) is 3.22. The van der Waals surface area contributed by atoms with Crippen molar-refractivity contribution in [3.8, 4) is 0 Å². The first kappa shape index (κ1) is 13.3. The largest absolute Gasteiger partial charge is 0.353 e. The summed E-state index contributed by atoms with van der Waals surface area (Å²) in [5.41, 5.74) is 1.28. The highest BCUT2D eigenvalue weighted by Crippen LogP contribution is 2.34. The fourth-order valence-electron chi connectivity index (χ4n) is 1.46. The van der Waals surface area contributed by atoms with Crippen molar-refractivity contribution in [2.24, 2.45) is 0 Å². The van der Waals surface area contributed by atoms with Gasteiger partial charge < -0.3 is 10.2 Å². The van der Waals surface area contributed by atoms with Gasteiger partial charge in [0.2, 0.25) is 5.13 Å². The summed E-state index contributed by atoms with van der Waals surface area (Å²) >= 11 is 3.28. The van der Waals surface area contributed by atoms with Crippen LogP contribution in [0.3, 0.4) is 0 Å². The van der Waals surface area contributed by atoms with E-state index in [0.29, 0.717) is 0 Å². The van der Waals surface area contributed by atoms with Crippen molar-refractivity contribution in [2.75, 3.05) is 26.0 Å². The van der Waals surface area contributed by atoms with Gasteiger partial charge in [0.15, 0.2) is 4.34 Å². The van der Waals surface area contributed by atoms with Crippen LogP contribution in [0, 0.1) is 0 Å². The predicted molar refractivity (Wildman–Crippen MR) is 77.6 cm³/mol. The van der Waals surface area contributed by atoms with E-state index in [2.05, 4.69) is 39.8 Å². The molecular weight excluding hydrogens is 264 g/mol.